The second-order valence-corrected chi connectivity index (χ2v) is 6.07. The molecule has 0 fully saturated rings. The molecule has 0 aliphatic rings. The molecule has 3 heterocycles. The van der Waals surface area contributed by atoms with Crippen LogP contribution in [0.3, 0.4) is 0 Å². The van der Waals surface area contributed by atoms with Gasteiger partial charge >= 0.3 is 0 Å². The molecule has 0 unspecified atom stereocenters. The van der Waals surface area contributed by atoms with Gasteiger partial charge < -0.3 is 16.0 Å². The fourth-order valence-corrected chi connectivity index (χ4v) is 2.66. The topological polar surface area (TPSA) is 112 Å². The molecule has 0 radical (unpaired) electrons. The number of fused-ring (bicyclic) bond motifs is 1. The monoisotopic (exact) mass is 362 g/mol. The van der Waals surface area contributed by atoms with Crippen molar-refractivity contribution in [2.24, 2.45) is 0 Å². The van der Waals surface area contributed by atoms with E-state index in [4.69, 9.17) is 0 Å². The van der Waals surface area contributed by atoms with E-state index < -0.39 is 0 Å². The maximum atomic E-state index is 11.1. The van der Waals surface area contributed by atoms with Crippen molar-refractivity contribution in [1.29, 1.82) is 0 Å². The molecular weight excluding hydrogens is 344 g/mol. The fraction of sp³-hybridized carbons (Fsp3) is 0.111. The van der Waals surface area contributed by atoms with Crippen LogP contribution in [0.2, 0.25) is 0 Å². The van der Waals surface area contributed by atoms with Gasteiger partial charge in [-0.3, -0.25) is 14.3 Å². The minimum absolute atomic E-state index is 0.107. The Morgan fingerprint density at radius 2 is 1.85 bits per heavy atom. The summed E-state index contributed by atoms with van der Waals surface area (Å²) in [5, 5.41) is 16.2. The van der Waals surface area contributed by atoms with Gasteiger partial charge in [0, 0.05) is 48.5 Å². The van der Waals surface area contributed by atoms with Gasteiger partial charge in [0.1, 0.15) is 11.5 Å². The quantitative estimate of drug-likeness (QED) is 0.434. The van der Waals surface area contributed by atoms with E-state index in [1.54, 1.807) is 6.20 Å². The summed E-state index contributed by atoms with van der Waals surface area (Å²) in [4.78, 5) is 20.1. The number of hydrogen-bond acceptors (Lipinski definition) is 6. The molecule has 0 bridgehead atoms. The third kappa shape index (κ3) is 3.71. The number of amides is 1. The van der Waals surface area contributed by atoms with E-state index in [0.29, 0.717) is 17.6 Å². The Hall–Kier alpha value is -3.88. The Morgan fingerprint density at radius 1 is 1.07 bits per heavy atom. The molecule has 0 saturated heterocycles. The molecule has 27 heavy (non-hydrogen) atoms. The third-order valence-electron chi connectivity index (χ3n) is 3.81. The average Bonchev–Trinajstić information content (AvgIpc) is 3.25. The molecule has 3 aromatic heterocycles. The molecule has 4 rings (SSSR count). The Balaban J connectivity index is 1.62. The van der Waals surface area contributed by atoms with Crippen molar-refractivity contribution in [2.45, 2.75) is 13.8 Å². The van der Waals surface area contributed by atoms with Crippen molar-refractivity contribution in [2.75, 3.05) is 16.0 Å². The molecule has 136 valence electrons. The zero-order chi connectivity index (χ0) is 18.8. The number of anilines is 5. The van der Waals surface area contributed by atoms with E-state index in [-0.39, 0.29) is 5.91 Å². The Labute approximate surface area is 154 Å². The van der Waals surface area contributed by atoms with Gasteiger partial charge in [-0.25, -0.2) is 4.98 Å². The van der Waals surface area contributed by atoms with E-state index in [1.165, 1.54) is 6.92 Å². The average molecular weight is 362 g/mol. The zero-order valence-electron chi connectivity index (χ0n) is 14.8. The lowest BCUT2D eigenvalue weighted by Crippen LogP contribution is -2.06. The lowest BCUT2D eigenvalue weighted by atomic mass is 10.3. The summed E-state index contributed by atoms with van der Waals surface area (Å²) in [6.07, 6.45) is 3.54. The largest absolute Gasteiger partial charge is 0.326 e. The highest BCUT2D eigenvalue weighted by Gasteiger charge is 2.09. The SMILES string of the molecule is CC(=O)Nc1ccc(Nc2nc(Nc3cc(C)[nH]n3)cc3nccn23)cc1. The smallest absolute Gasteiger partial charge is 0.221 e. The number of imidazole rings is 1. The highest BCUT2D eigenvalue weighted by Crippen LogP contribution is 2.22. The third-order valence-corrected chi connectivity index (χ3v) is 3.81. The van der Waals surface area contributed by atoms with Crippen LogP contribution < -0.4 is 16.0 Å². The number of carbonyl (C=O) groups is 1. The lowest BCUT2D eigenvalue weighted by molar-refractivity contribution is -0.114. The molecule has 0 spiro atoms. The summed E-state index contributed by atoms with van der Waals surface area (Å²) in [7, 11) is 0. The molecule has 0 atom stereocenters. The number of benzene rings is 1. The van der Waals surface area contributed by atoms with Crippen LogP contribution in [0.15, 0.2) is 48.8 Å². The second-order valence-electron chi connectivity index (χ2n) is 6.07. The van der Waals surface area contributed by atoms with Crippen LogP contribution in [-0.2, 0) is 4.79 Å². The Bertz CT molecular complexity index is 1100. The fourth-order valence-electron chi connectivity index (χ4n) is 2.66. The van der Waals surface area contributed by atoms with Gasteiger partial charge in [-0.2, -0.15) is 10.1 Å². The van der Waals surface area contributed by atoms with Gasteiger partial charge in [0.15, 0.2) is 5.82 Å². The number of carbonyl (C=O) groups excluding carboxylic acids is 1. The molecule has 1 amide bonds. The molecule has 4 N–H and O–H groups in total. The molecule has 0 aliphatic heterocycles. The van der Waals surface area contributed by atoms with E-state index >= 15 is 0 Å². The Morgan fingerprint density at radius 3 is 2.56 bits per heavy atom. The lowest BCUT2D eigenvalue weighted by Gasteiger charge is -2.11. The first-order valence-electron chi connectivity index (χ1n) is 8.35. The Kier molecular flexibility index (Phi) is 4.17. The molecular formula is C18H18N8O. The molecule has 0 aliphatic carbocycles. The number of H-pyrrole nitrogens is 1. The van der Waals surface area contributed by atoms with E-state index in [9.17, 15) is 4.79 Å². The van der Waals surface area contributed by atoms with Crippen molar-refractivity contribution in [3.8, 4) is 0 Å². The summed E-state index contributed by atoms with van der Waals surface area (Å²) >= 11 is 0. The molecule has 9 nitrogen and oxygen atoms in total. The number of aromatic amines is 1. The van der Waals surface area contributed by atoms with Crippen molar-refractivity contribution in [1.82, 2.24) is 24.6 Å². The van der Waals surface area contributed by atoms with Gasteiger partial charge in [-0.1, -0.05) is 0 Å². The zero-order valence-corrected chi connectivity index (χ0v) is 14.8. The summed E-state index contributed by atoms with van der Waals surface area (Å²) in [5.74, 6) is 1.80. The van der Waals surface area contributed by atoms with E-state index in [0.717, 1.165) is 22.7 Å². The number of nitrogens with zero attached hydrogens (tertiary/aromatic N) is 4. The van der Waals surface area contributed by atoms with Crippen LogP contribution in [0.1, 0.15) is 12.6 Å². The number of aryl methyl sites for hydroxylation is 1. The van der Waals surface area contributed by atoms with Crippen LogP contribution in [-0.4, -0.2) is 30.5 Å². The van der Waals surface area contributed by atoms with Gasteiger partial charge in [0.2, 0.25) is 11.9 Å². The van der Waals surface area contributed by atoms with Crippen molar-refractivity contribution in [3.63, 3.8) is 0 Å². The first-order chi connectivity index (χ1) is 13.1. The van der Waals surface area contributed by atoms with Crippen molar-refractivity contribution in [3.05, 3.63) is 54.5 Å². The minimum Gasteiger partial charge on any atom is -0.326 e. The summed E-state index contributed by atoms with van der Waals surface area (Å²) in [6.45, 7) is 3.41. The standard InChI is InChI=1S/C18H18N8O/c1-11-9-16(25-24-11)22-15-10-17-19-7-8-26(17)18(23-15)21-14-5-3-13(4-6-14)20-12(2)27/h3-10H,1-2H3,(H,20,27)(H,21,23)(H2,22,24,25). The van der Waals surface area contributed by atoms with Gasteiger partial charge in [0.25, 0.3) is 0 Å². The summed E-state index contributed by atoms with van der Waals surface area (Å²) < 4.78 is 1.85. The predicted molar refractivity (Wildman–Crippen MR) is 104 cm³/mol. The van der Waals surface area contributed by atoms with Gasteiger partial charge in [-0.15, -0.1) is 0 Å². The highest BCUT2D eigenvalue weighted by atomic mass is 16.1. The molecule has 9 heteroatoms. The van der Waals surface area contributed by atoms with Crippen molar-refractivity contribution < 1.29 is 4.79 Å². The van der Waals surface area contributed by atoms with E-state index in [1.807, 2.05) is 53.9 Å². The van der Waals surface area contributed by atoms with Gasteiger partial charge in [-0.05, 0) is 31.2 Å². The maximum Gasteiger partial charge on any atom is 0.221 e. The van der Waals surface area contributed by atoms with Crippen LogP contribution in [0, 0.1) is 6.92 Å². The minimum atomic E-state index is -0.107. The number of aromatic nitrogens is 5. The van der Waals surface area contributed by atoms with Crippen LogP contribution >= 0.6 is 0 Å². The second kappa shape index (κ2) is 6.79. The molecule has 4 aromatic rings. The van der Waals surface area contributed by atoms with Crippen LogP contribution in [0.4, 0.5) is 29.0 Å². The predicted octanol–water partition coefficient (Wildman–Crippen LogP) is 3.21. The maximum absolute atomic E-state index is 11.1. The number of hydrogen-bond donors (Lipinski definition) is 4. The van der Waals surface area contributed by atoms with E-state index in [2.05, 4.69) is 36.1 Å². The number of rotatable bonds is 5. The van der Waals surface area contributed by atoms with Gasteiger partial charge in [0.05, 0.1) is 0 Å². The molecule has 0 saturated carbocycles. The molecule has 1 aromatic carbocycles. The summed E-state index contributed by atoms with van der Waals surface area (Å²) in [6, 6.07) is 11.1. The van der Waals surface area contributed by atoms with Crippen molar-refractivity contribution >= 4 is 40.5 Å². The normalized spacial score (nSPS) is 10.7. The number of nitrogens with one attached hydrogen (secondary N) is 4. The first kappa shape index (κ1) is 16.6. The first-order valence-corrected chi connectivity index (χ1v) is 8.35. The van der Waals surface area contributed by atoms with Crippen LogP contribution in [0.5, 0.6) is 0 Å². The van der Waals surface area contributed by atoms with Crippen LogP contribution in [0.25, 0.3) is 5.65 Å². The summed E-state index contributed by atoms with van der Waals surface area (Å²) in [5.41, 5.74) is 3.27. The highest BCUT2D eigenvalue weighted by molar-refractivity contribution is 5.88.